The van der Waals surface area contributed by atoms with Gasteiger partial charge in [0, 0.05) is 18.6 Å². The van der Waals surface area contributed by atoms with Crippen LogP contribution in [0.25, 0.3) is 0 Å². The number of aryl methyl sites for hydroxylation is 1. The lowest BCUT2D eigenvalue weighted by molar-refractivity contribution is 0.108. The minimum atomic E-state index is 0.570. The highest BCUT2D eigenvalue weighted by Gasteiger charge is 2.26. The summed E-state index contributed by atoms with van der Waals surface area (Å²) >= 11 is 0. The second kappa shape index (κ2) is 8.55. The monoisotopic (exact) mass is 288 g/mol. The van der Waals surface area contributed by atoms with Crippen molar-refractivity contribution in [2.45, 2.75) is 65.0 Å². The van der Waals surface area contributed by atoms with Crippen LogP contribution in [0.2, 0.25) is 0 Å². The number of benzene rings is 1. The smallest absolute Gasteiger partial charge is 0.0348 e. The van der Waals surface area contributed by atoms with E-state index in [4.69, 9.17) is 0 Å². The Labute approximate surface area is 130 Å². The molecule has 0 radical (unpaired) electrons. The minimum absolute atomic E-state index is 0.570. The molecule has 1 aromatic carbocycles. The Bertz CT molecular complexity index is 393. The van der Waals surface area contributed by atoms with Crippen LogP contribution in [0.1, 0.15) is 63.6 Å². The normalized spacial score (nSPS) is 20.7. The number of hydrogen-bond acceptors (Lipinski definition) is 2. The molecule has 0 spiro atoms. The number of rotatable bonds is 7. The molecule has 2 nitrogen and oxygen atoms in total. The van der Waals surface area contributed by atoms with Crippen molar-refractivity contribution in [2.24, 2.45) is 0 Å². The molecule has 1 aliphatic rings. The molecule has 21 heavy (non-hydrogen) atoms. The summed E-state index contributed by atoms with van der Waals surface area (Å²) in [5.74, 6) is 0. The van der Waals surface area contributed by atoms with Crippen LogP contribution >= 0.6 is 0 Å². The Hall–Kier alpha value is -0.860. The standard InChI is InChI=1S/C19H32N2/c1-4-14-21(18-8-7-13-20-15-18)19(6-3)17-11-9-16(5-2)10-12-17/h9-12,18-20H,4-8,13-15H2,1-3H3. The molecular weight excluding hydrogens is 256 g/mol. The van der Waals surface area contributed by atoms with Crippen LogP contribution in [-0.2, 0) is 6.42 Å². The Balaban J connectivity index is 2.16. The van der Waals surface area contributed by atoms with E-state index in [0.717, 1.165) is 13.0 Å². The maximum absolute atomic E-state index is 3.58. The fourth-order valence-electron chi connectivity index (χ4n) is 3.60. The molecule has 1 aromatic rings. The lowest BCUT2D eigenvalue weighted by Gasteiger charge is -2.40. The van der Waals surface area contributed by atoms with Crippen LogP contribution in [0.3, 0.4) is 0 Å². The van der Waals surface area contributed by atoms with Gasteiger partial charge in [0.2, 0.25) is 0 Å². The van der Waals surface area contributed by atoms with Gasteiger partial charge >= 0.3 is 0 Å². The highest BCUT2D eigenvalue weighted by atomic mass is 15.2. The molecule has 2 atom stereocenters. The van der Waals surface area contributed by atoms with E-state index in [9.17, 15) is 0 Å². The van der Waals surface area contributed by atoms with E-state index in [2.05, 4.69) is 55.3 Å². The van der Waals surface area contributed by atoms with Gasteiger partial charge in [-0.15, -0.1) is 0 Å². The number of hydrogen-bond donors (Lipinski definition) is 1. The zero-order chi connectivity index (χ0) is 15.1. The molecule has 0 aromatic heterocycles. The van der Waals surface area contributed by atoms with E-state index in [1.165, 1.54) is 49.9 Å². The largest absolute Gasteiger partial charge is 0.315 e. The van der Waals surface area contributed by atoms with Crippen LogP contribution in [0.4, 0.5) is 0 Å². The topological polar surface area (TPSA) is 15.3 Å². The van der Waals surface area contributed by atoms with Crippen molar-refractivity contribution in [1.29, 1.82) is 0 Å². The van der Waals surface area contributed by atoms with E-state index < -0.39 is 0 Å². The van der Waals surface area contributed by atoms with Crippen molar-refractivity contribution in [3.05, 3.63) is 35.4 Å². The molecule has 1 fully saturated rings. The third kappa shape index (κ3) is 4.31. The molecule has 0 bridgehead atoms. The van der Waals surface area contributed by atoms with Gasteiger partial charge < -0.3 is 5.32 Å². The minimum Gasteiger partial charge on any atom is -0.315 e. The summed E-state index contributed by atoms with van der Waals surface area (Å²) in [7, 11) is 0. The first-order valence-electron chi connectivity index (χ1n) is 8.85. The summed E-state index contributed by atoms with van der Waals surface area (Å²) in [6, 6.07) is 10.6. The Morgan fingerprint density at radius 3 is 2.48 bits per heavy atom. The van der Waals surface area contributed by atoms with Crippen molar-refractivity contribution in [2.75, 3.05) is 19.6 Å². The van der Waals surface area contributed by atoms with Crippen molar-refractivity contribution < 1.29 is 0 Å². The van der Waals surface area contributed by atoms with Gasteiger partial charge in [0.25, 0.3) is 0 Å². The van der Waals surface area contributed by atoms with Gasteiger partial charge in [-0.05, 0) is 56.3 Å². The van der Waals surface area contributed by atoms with Crippen LogP contribution in [-0.4, -0.2) is 30.6 Å². The van der Waals surface area contributed by atoms with Gasteiger partial charge in [-0.25, -0.2) is 0 Å². The average Bonchev–Trinajstić information content (AvgIpc) is 2.56. The molecule has 118 valence electrons. The Morgan fingerprint density at radius 2 is 1.95 bits per heavy atom. The third-order valence-electron chi connectivity index (χ3n) is 4.78. The lowest BCUT2D eigenvalue weighted by Crippen LogP contribution is -2.47. The first-order chi connectivity index (χ1) is 10.3. The van der Waals surface area contributed by atoms with Crippen LogP contribution < -0.4 is 5.32 Å². The molecule has 1 saturated heterocycles. The van der Waals surface area contributed by atoms with Crippen molar-refractivity contribution >= 4 is 0 Å². The summed E-state index contributed by atoms with van der Waals surface area (Å²) in [5, 5.41) is 3.58. The maximum Gasteiger partial charge on any atom is 0.0348 e. The maximum atomic E-state index is 3.58. The highest BCUT2D eigenvalue weighted by Crippen LogP contribution is 2.29. The van der Waals surface area contributed by atoms with E-state index in [0.29, 0.717) is 12.1 Å². The van der Waals surface area contributed by atoms with Gasteiger partial charge in [-0.2, -0.15) is 0 Å². The first-order valence-corrected chi connectivity index (χ1v) is 8.85. The lowest BCUT2D eigenvalue weighted by atomic mass is 9.96. The van der Waals surface area contributed by atoms with E-state index in [1.807, 2.05) is 0 Å². The molecule has 2 unspecified atom stereocenters. The second-order valence-electron chi connectivity index (χ2n) is 6.26. The molecule has 1 N–H and O–H groups in total. The van der Waals surface area contributed by atoms with E-state index in [-0.39, 0.29) is 0 Å². The summed E-state index contributed by atoms with van der Waals surface area (Å²) < 4.78 is 0. The zero-order valence-electron chi connectivity index (χ0n) is 14.1. The van der Waals surface area contributed by atoms with Crippen molar-refractivity contribution in [1.82, 2.24) is 10.2 Å². The van der Waals surface area contributed by atoms with Crippen LogP contribution in [0.5, 0.6) is 0 Å². The summed E-state index contributed by atoms with van der Waals surface area (Å²) in [6.07, 6.45) is 6.22. The fraction of sp³-hybridized carbons (Fsp3) is 0.684. The summed E-state index contributed by atoms with van der Waals surface area (Å²) in [6.45, 7) is 10.4. The predicted octanol–water partition coefficient (Wildman–Crippen LogP) is 4.16. The quantitative estimate of drug-likeness (QED) is 0.810. The molecule has 2 rings (SSSR count). The zero-order valence-corrected chi connectivity index (χ0v) is 14.1. The predicted molar refractivity (Wildman–Crippen MR) is 91.7 cm³/mol. The Kier molecular flexibility index (Phi) is 6.72. The average molecular weight is 288 g/mol. The first kappa shape index (κ1) is 16.5. The van der Waals surface area contributed by atoms with Crippen molar-refractivity contribution in [3.63, 3.8) is 0 Å². The summed E-state index contributed by atoms with van der Waals surface area (Å²) in [5.41, 5.74) is 2.93. The SMILES string of the molecule is CCCN(C1CCCNC1)C(CC)c1ccc(CC)cc1. The van der Waals surface area contributed by atoms with Crippen molar-refractivity contribution in [3.8, 4) is 0 Å². The molecule has 0 saturated carbocycles. The fourth-order valence-corrected chi connectivity index (χ4v) is 3.60. The molecule has 2 heteroatoms. The number of nitrogens with zero attached hydrogens (tertiary/aromatic N) is 1. The molecule has 1 heterocycles. The summed E-state index contributed by atoms with van der Waals surface area (Å²) in [4.78, 5) is 2.76. The molecule has 0 amide bonds. The third-order valence-corrected chi connectivity index (χ3v) is 4.78. The number of piperidine rings is 1. The Morgan fingerprint density at radius 1 is 1.19 bits per heavy atom. The van der Waals surface area contributed by atoms with Crippen LogP contribution in [0, 0.1) is 0 Å². The number of nitrogens with one attached hydrogen (secondary N) is 1. The van der Waals surface area contributed by atoms with Gasteiger partial charge in [0.15, 0.2) is 0 Å². The van der Waals surface area contributed by atoms with Gasteiger partial charge in [0.1, 0.15) is 0 Å². The van der Waals surface area contributed by atoms with Gasteiger partial charge in [-0.3, -0.25) is 4.90 Å². The molecule has 1 aliphatic heterocycles. The van der Waals surface area contributed by atoms with E-state index in [1.54, 1.807) is 0 Å². The van der Waals surface area contributed by atoms with E-state index >= 15 is 0 Å². The van der Waals surface area contributed by atoms with Gasteiger partial charge in [0.05, 0.1) is 0 Å². The van der Waals surface area contributed by atoms with Gasteiger partial charge in [-0.1, -0.05) is 45.0 Å². The van der Waals surface area contributed by atoms with Crippen LogP contribution in [0.15, 0.2) is 24.3 Å². The molecule has 0 aliphatic carbocycles. The molecular formula is C19H32N2. The highest BCUT2D eigenvalue weighted by molar-refractivity contribution is 5.25. The second-order valence-corrected chi connectivity index (χ2v) is 6.26.